The molecule has 2 aromatic carbocycles. The predicted octanol–water partition coefficient (Wildman–Crippen LogP) is 4.30. The van der Waals surface area contributed by atoms with Crippen molar-refractivity contribution in [3.05, 3.63) is 83.8 Å². The van der Waals surface area contributed by atoms with Crippen LogP contribution in [0.15, 0.2) is 71.1 Å². The molecule has 184 valence electrons. The van der Waals surface area contributed by atoms with E-state index in [1.165, 1.54) is 6.92 Å². The topological polar surface area (TPSA) is 88.8 Å². The predicted molar refractivity (Wildman–Crippen MR) is 135 cm³/mol. The number of hydrogen-bond acceptors (Lipinski definition) is 7. The summed E-state index contributed by atoms with van der Waals surface area (Å²) in [6.45, 7) is 4.99. The Morgan fingerprint density at radius 2 is 1.67 bits per heavy atom. The Kier molecular flexibility index (Phi) is 7.04. The van der Waals surface area contributed by atoms with Crippen LogP contribution in [0.25, 0.3) is 22.2 Å². The van der Waals surface area contributed by atoms with Gasteiger partial charge in [-0.1, -0.05) is 48.5 Å². The third-order valence-electron chi connectivity index (χ3n) is 6.32. The Morgan fingerprint density at radius 1 is 0.889 bits per heavy atom. The van der Waals surface area contributed by atoms with Gasteiger partial charge in [-0.15, -0.1) is 10.2 Å². The lowest BCUT2D eigenvalue weighted by Gasteiger charge is -2.23. The first-order chi connectivity index (χ1) is 17.6. The molecule has 1 fully saturated rings. The average Bonchev–Trinajstić information content (AvgIpc) is 3.22. The number of fused-ring (bicyclic) bond motifs is 1. The van der Waals surface area contributed by atoms with Crippen LogP contribution in [0.4, 0.5) is 0 Å². The number of rotatable bonds is 6. The molecule has 0 spiro atoms. The van der Waals surface area contributed by atoms with E-state index in [0.717, 1.165) is 36.2 Å². The minimum Gasteiger partial charge on any atom is -0.461 e. The fraction of sp³-hybridized carbons (Fsp3) is 0.286. The number of carbonyl (C=O) groups is 2. The summed E-state index contributed by atoms with van der Waals surface area (Å²) in [7, 11) is 0. The quantitative estimate of drug-likeness (QED) is 0.377. The first-order valence-corrected chi connectivity index (χ1v) is 12.1. The smallest absolute Gasteiger partial charge is 0.303 e. The molecule has 8 nitrogen and oxygen atoms in total. The monoisotopic (exact) mass is 484 g/mol. The van der Waals surface area contributed by atoms with Crippen LogP contribution in [0.2, 0.25) is 0 Å². The van der Waals surface area contributed by atoms with Crippen molar-refractivity contribution in [1.82, 2.24) is 20.0 Å². The van der Waals surface area contributed by atoms with Crippen molar-refractivity contribution >= 4 is 22.8 Å². The molecule has 0 aliphatic carbocycles. The normalized spacial score (nSPS) is 14.5. The van der Waals surface area contributed by atoms with Gasteiger partial charge in [0.25, 0.3) is 5.91 Å². The Hall–Kier alpha value is -4.04. The molecule has 0 bridgehead atoms. The van der Waals surface area contributed by atoms with E-state index < -0.39 is 0 Å². The first-order valence-electron chi connectivity index (χ1n) is 12.1. The van der Waals surface area contributed by atoms with Crippen LogP contribution < -0.4 is 0 Å². The number of amides is 1. The van der Waals surface area contributed by atoms with Gasteiger partial charge < -0.3 is 14.1 Å². The van der Waals surface area contributed by atoms with E-state index >= 15 is 0 Å². The second-order valence-electron chi connectivity index (χ2n) is 8.88. The van der Waals surface area contributed by atoms with Crippen molar-refractivity contribution in [3.8, 4) is 11.3 Å². The molecule has 0 saturated carbocycles. The summed E-state index contributed by atoms with van der Waals surface area (Å²) in [6.07, 6.45) is 0.851. The van der Waals surface area contributed by atoms with Crippen molar-refractivity contribution in [1.29, 1.82) is 0 Å². The Labute approximate surface area is 209 Å². The number of carbonyl (C=O) groups excluding carboxylic acids is 2. The molecule has 3 heterocycles. The van der Waals surface area contributed by atoms with E-state index in [2.05, 4.69) is 15.1 Å². The van der Waals surface area contributed by atoms with Crippen molar-refractivity contribution < 1.29 is 18.7 Å². The lowest BCUT2D eigenvalue weighted by Crippen LogP contribution is -2.35. The molecule has 4 aromatic rings. The fourth-order valence-corrected chi connectivity index (χ4v) is 4.54. The summed E-state index contributed by atoms with van der Waals surface area (Å²) in [5, 5.41) is 9.66. The largest absolute Gasteiger partial charge is 0.461 e. The number of hydrogen-bond donors (Lipinski definition) is 0. The highest BCUT2D eigenvalue weighted by molar-refractivity contribution is 6.10. The highest BCUT2D eigenvalue weighted by atomic mass is 16.5. The second-order valence-corrected chi connectivity index (χ2v) is 8.88. The summed E-state index contributed by atoms with van der Waals surface area (Å²) >= 11 is 0. The van der Waals surface area contributed by atoms with Crippen LogP contribution in [0.5, 0.6) is 0 Å². The molecule has 0 unspecified atom stereocenters. The van der Waals surface area contributed by atoms with Gasteiger partial charge in [-0.3, -0.25) is 14.5 Å². The summed E-state index contributed by atoms with van der Waals surface area (Å²) in [6, 6.07) is 21.1. The molecular weight excluding hydrogens is 456 g/mol. The summed E-state index contributed by atoms with van der Waals surface area (Å²) < 4.78 is 10.8. The molecule has 1 aliphatic heterocycles. The maximum absolute atomic E-state index is 13.9. The lowest BCUT2D eigenvalue weighted by molar-refractivity contribution is -0.142. The molecule has 5 rings (SSSR count). The molecule has 0 radical (unpaired) electrons. The van der Waals surface area contributed by atoms with Gasteiger partial charge in [-0.25, -0.2) is 0 Å². The van der Waals surface area contributed by atoms with Crippen LogP contribution in [-0.2, 0) is 22.7 Å². The van der Waals surface area contributed by atoms with E-state index in [1.54, 1.807) is 0 Å². The van der Waals surface area contributed by atoms with Crippen LogP contribution in [0.3, 0.4) is 0 Å². The minimum absolute atomic E-state index is 0.0246. The molecule has 0 N–H and O–H groups in total. The third-order valence-corrected chi connectivity index (χ3v) is 6.32. The molecule has 1 saturated heterocycles. The third kappa shape index (κ3) is 5.28. The lowest BCUT2D eigenvalue weighted by atomic mass is 10.0. The molecular formula is C28H28N4O4. The highest BCUT2D eigenvalue weighted by Crippen LogP contribution is 2.28. The SMILES string of the molecule is CC(=O)OCc1ccc(CN2CCCN(C(=O)c3c(-c4ccccc4)nnc4ccccc34)CC2)o1. The minimum atomic E-state index is -0.335. The van der Waals surface area contributed by atoms with Crippen molar-refractivity contribution in [2.24, 2.45) is 0 Å². The molecule has 1 aliphatic rings. The van der Waals surface area contributed by atoms with E-state index in [0.29, 0.717) is 42.2 Å². The van der Waals surface area contributed by atoms with Crippen LogP contribution >= 0.6 is 0 Å². The van der Waals surface area contributed by atoms with Gasteiger partial charge in [0.15, 0.2) is 0 Å². The van der Waals surface area contributed by atoms with Gasteiger partial charge in [0, 0.05) is 44.1 Å². The standard InChI is InChI=1S/C28H28N4O4/c1-20(33)35-19-23-13-12-22(36-23)18-31-14-7-15-32(17-16-31)28(34)26-24-10-5-6-11-25(24)29-30-27(26)21-8-3-2-4-9-21/h2-6,8-13H,7,14-19H2,1H3. The maximum atomic E-state index is 13.9. The van der Waals surface area contributed by atoms with Crippen LogP contribution in [0.1, 0.15) is 35.2 Å². The Morgan fingerprint density at radius 3 is 2.50 bits per heavy atom. The van der Waals surface area contributed by atoms with Gasteiger partial charge in [0.1, 0.15) is 23.8 Å². The molecule has 0 atom stereocenters. The number of furan rings is 1. The van der Waals surface area contributed by atoms with Crippen LogP contribution in [-0.4, -0.2) is 58.1 Å². The molecule has 1 amide bonds. The van der Waals surface area contributed by atoms with Gasteiger partial charge in [-0.05, 0) is 24.6 Å². The summed E-state index contributed by atoms with van der Waals surface area (Å²) in [5.74, 6) is 1.08. The van der Waals surface area contributed by atoms with E-state index in [4.69, 9.17) is 9.15 Å². The maximum Gasteiger partial charge on any atom is 0.303 e. The van der Waals surface area contributed by atoms with E-state index in [9.17, 15) is 9.59 Å². The zero-order chi connectivity index (χ0) is 24.9. The number of aromatic nitrogens is 2. The molecule has 2 aromatic heterocycles. The van der Waals surface area contributed by atoms with Crippen molar-refractivity contribution in [3.63, 3.8) is 0 Å². The molecule has 8 heteroatoms. The average molecular weight is 485 g/mol. The van der Waals surface area contributed by atoms with E-state index in [1.807, 2.05) is 71.6 Å². The summed E-state index contributed by atoms with van der Waals surface area (Å²) in [5.41, 5.74) is 2.79. The van der Waals surface area contributed by atoms with E-state index in [-0.39, 0.29) is 18.5 Å². The second kappa shape index (κ2) is 10.7. The van der Waals surface area contributed by atoms with Gasteiger partial charge in [0.2, 0.25) is 0 Å². The van der Waals surface area contributed by atoms with Crippen molar-refractivity contribution in [2.45, 2.75) is 26.5 Å². The van der Waals surface area contributed by atoms with Crippen molar-refractivity contribution in [2.75, 3.05) is 26.2 Å². The zero-order valence-electron chi connectivity index (χ0n) is 20.2. The Bertz CT molecular complexity index is 1370. The van der Waals surface area contributed by atoms with Gasteiger partial charge in [0.05, 0.1) is 17.6 Å². The van der Waals surface area contributed by atoms with Gasteiger partial charge in [-0.2, -0.15) is 0 Å². The number of benzene rings is 2. The molecule has 36 heavy (non-hydrogen) atoms. The fourth-order valence-electron chi connectivity index (χ4n) is 4.54. The van der Waals surface area contributed by atoms with Gasteiger partial charge >= 0.3 is 5.97 Å². The Balaban J connectivity index is 1.33. The zero-order valence-corrected chi connectivity index (χ0v) is 20.2. The first kappa shape index (κ1) is 23.7. The number of nitrogens with zero attached hydrogens (tertiary/aromatic N) is 4. The number of ether oxygens (including phenoxy) is 1. The summed E-state index contributed by atoms with van der Waals surface area (Å²) in [4.78, 5) is 29.2. The highest BCUT2D eigenvalue weighted by Gasteiger charge is 2.26. The number of esters is 1. The van der Waals surface area contributed by atoms with Crippen LogP contribution in [0, 0.1) is 0 Å².